The van der Waals surface area contributed by atoms with Crippen LogP contribution in [0.25, 0.3) is 78.0 Å². The second-order valence-corrected chi connectivity index (χ2v) is 14.1. The van der Waals surface area contributed by atoms with Crippen LogP contribution in [0.3, 0.4) is 0 Å². The Morgan fingerprint density at radius 3 is 0.904 bits per heavy atom. The average Bonchev–Trinajstić information content (AvgIpc) is 3.19. The first-order valence-electron chi connectivity index (χ1n) is 18.0. The van der Waals surface area contributed by atoms with Crippen LogP contribution < -0.4 is 0 Å². The molecule has 7 aromatic carbocycles. The number of benzene rings is 7. The minimum Gasteiger partial charge on any atom is -0.256 e. The molecule has 1 nitrogen and oxygen atoms in total. The molecule has 0 fully saturated rings. The van der Waals surface area contributed by atoms with Crippen LogP contribution in [-0.4, -0.2) is 4.98 Å². The lowest BCUT2D eigenvalue weighted by atomic mass is 9.91. The lowest BCUT2D eigenvalue weighted by Gasteiger charge is -2.14. The topological polar surface area (TPSA) is 12.9 Å². The van der Waals surface area contributed by atoms with Crippen LogP contribution in [0.5, 0.6) is 0 Å². The Bertz CT molecular complexity index is 2200. The summed E-state index contributed by atoms with van der Waals surface area (Å²) < 4.78 is 0. The summed E-state index contributed by atoms with van der Waals surface area (Å²) in [5, 5.41) is 0. The van der Waals surface area contributed by atoms with Crippen molar-refractivity contribution in [2.75, 3.05) is 0 Å². The SMILES string of the molecule is Cc1ccc(-c2cc(-c3ccc(C)cc3)cc(-c3cccc(-c4cc(-c5cc(-c6ccc(C)cc6)cc(-c6ccc(C)cc6)c5)ccn4)c3)c2)cc1. The molecule has 0 saturated heterocycles. The van der Waals surface area contributed by atoms with Crippen molar-refractivity contribution in [2.24, 2.45) is 0 Å². The molecule has 0 radical (unpaired) electrons. The monoisotopic (exact) mass is 667 g/mol. The molecule has 0 aliphatic carbocycles. The van der Waals surface area contributed by atoms with Gasteiger partial charge in [-0.25, -0.2) is 0 Å². The number of rotatable bonds is 7. The molecular weight excluding hydrogens is 627 g/mol. The van der Waals surface area contributed by atoms with Gasteiger partial charge in [-0.1, -0.05) is 138 Å². The molecule has 52 heavy (non-hydrogen) atoms. The van der Waals surface area contributed by atoms with E-state index < -0.39 is 0 Å². The Kier molecular flexibility index (Phi) is 8.93. The normalized spacial score (nSPS) is 11.1. The maximum Gasteiger partial charge on any atom is 0.0708 e. The highest BCUT2D eigenvalue weighted by Gasteiger charge is 2.12. The van der Waals surface area contributed by atoms with Gasteiger partial charge in [0, 0.05) is 11.8 Å². The maximum atomic E-state index is 4.90. The van der Waals surface area contributed by atoms with Crippen LogP contribution in [0.1, 0.15) is 22.3 Å². The molecule has 0 spiro atoms. The number of hydrogen-bond donors (Lipinski definition) is 0. The lowest BCUT2D eigenvalue weighted by Crippen LogP contribution is -1.90. The summed E-state index contributed by atoms with van der Waals surface area (Å²) >= 11 is 0. The first kappa shape index (κ1) is 32.9. The van der Waals surface area contributed by atoms with E-state index in [0.29, 0.717) is 0 Å². The molecular formula is C51H41N. The largest absolute Gasteiger partial charge is 0.256 e. The third-order valence-electron chi connectivity index (χ3n) is 9.99. The molecule has 1 heterocycles. The van der Waals surface area contributed by atoms with E-state index in [1.165, 1.54) is 77.9 Å². The van der Waals surface area contributed by atoms with Crippen molar-refractivity contribution in [1.82, 2.24) is 4.98 Å². The van der Waals surface area contributed by atoms with Crippen molar-refractivity contribution < 1.29 is 0 Å². The Morgan fingerprint density at radius 2 is 0.538 bits per heavy atom. The van der Waals surface area contributed by atoms with Crippen molar-refractivity contribution in [3.63, 3.8) is 0 Å². The van der Waals surface area contributed by atoms with Gasteiger partial charge >= 0.3 is 0 Å². The molecule has 0 amide bonds. The smallest absolute Gasteiger partial charge is 0.0708 e. The number of pyridine rings is 1. The number of nitrogens with zero attached hydrogens (tertiary/aromatic N) is 1. The summed E-state index contributed by atoms with van der Waals surface area (Å²) in [6.07, 6.45) is 1.94. The van der Waals surface area contributed by atoms with Crippen molar-refractivity contribution in [2.45, 2.75) is 27.7 Å². The fourth-order valence-electron chi connectivity index (χ4n) is 6.87. The highest BCUT2D eigenvalue weighted by molar-refractivity contribution is 5.85. The molecule has 0 N–H and O–H groups in total. The Balaban J connectivity index is 1.20. The van der Waals surface area contributed by atoms with Gasteiger partial charge in [0.05, 0.1) is 5.69 Å². The fourth-order valence-corrected chi connectivity index (χ4v) is 6.87. The molecule has 1 aromatic heterocycles. The maximum absolute atomic E-state index is 4.90. The van der Waals surface area contributed by atoms with Crippen LogP contribution >= 0.6 is 0 Å². The molecule has 0 atom stereocenters. The first-order valence-corrected chi connectivity index (χ1v) is 18.0. The molecule has 8 aromatic rings. The van der Waals surface area contributed by atoms with Crippen molar-refractivity contribution in [1.29, 1.82) is 0 Å². The standard InChI is InChI=1S/C51H41N/c1-34-8-16-38(17-9-34)45-27-46(39-18-10-35(2)11-19-39)30-49(29-45)42-6-5-7-44(26-42)51-33-43(24-25-52-51)50-31-47(40-20-12-36(3)13-21-40)28-48(32-50)41-22-14-37(4)15-23-41/h5-33H,1-4H3. The predicted molar refractivity (Wildman–Crippen MR) is 221 cm³/mol. The summed E-state index contributed by atoms with van der Waals surface area (Å²) in [7, 11) is 0. The van der Waals surface area contributed by atoms with Gasteiger partial charge < -0.3 is 0 Å². The molecule has 0 aliphatic heterocycles. The zero-order valence-corrected chi connectivity index (χ0v) is 30.2. The Hall–Kier alpha value is -6.31. The minimum atomic E-state index is 0.949. The molecule has 250 valence electrons. The second kappa shape index (κ2) is 14.1. The average molecular weight is 668 g/mol. The first-order chi connectivity index (χ1) is 25.3. The number of hydrogen-bond acceptors (Lipinski definition) is 1. The molecule has 0 unspecified atom stereocenters. The van der Waals surface area contributed by atoms with Crippen LogP contribution in [0, 0.1) is 27.7 Å². The van der Waals surface area contributed by atoms with Gasteiger partial charge in [-0.3, -0.25) is 4.98 Å². The van der Waals surface area contributed by atoms with Crippen molar-refractivity contribution in [3.05, 3.63) is 198 Å². The van der Waals surface area contributed by atoms with E-state index in [9.17, 15) is 0 Å². The fraction of sp³-hybridized carbons (Fsp3) is 0.0784. The van der Waals surface area contributed by atoms with E-state index in [1.54, 1.807) is 0 Å². The van der Waals surface area contributed by atoms with Gasteiger partial charge in [0.25, 0.3) is 0 Å². The van der Waals surface area contributed by atoms with Crippen LogP contribution in [0.15, 0.2) is 176 Å². The summed E-state index contributed by atoms with van der Waals surface area (Å²) in [6.45, 7) is 8.54. The van der Waals surface area contributed by atoms with Crippen LogP contribution in [0.2, 0.25) is 0 Å². The van der Waals surface area contributed by atoms with Gasteiger partial charge in [-0.05, 0) is 149 Å². The van der Waals surface area contributed by atoms with E-state index in [0.717, 1.165) is 22.4 Å². The zero-order valence-electron chi connectivity index (χ0n) is 30.2. The predicted octanol–water partition coefficient (Wildman–Crippen LogP) is 14.0. The van der Waals surface area contributed by atoms with E-state index in [1.807, 2.05) is 6.20 Å². The summed E-state index contributed by atoms with van der Waals surface area (Å²) in [6, 6.07) is 62.3. The molecule has 0 bridgehead atoms. The van der Waals surface area contributed by atoms with Gasteiger partial charge in [0.1, 0.15) is 0 Å². The van der Waals surface area contributed by atoms with Gasteiger partial charge in [0.15, 0.2) is 0 Å². The molecule has 8 rings (SSSR count). The van der Waals surface area contributed by atoms with Crippen LogP contribution in [-0.2, 0) is 0 Å². The molecule has 1 heteroatoms. The van der Waals surface area contributed by atoms with Gasteiger partial charge in [-0.15, -0.1) is 0 Å². The Labute approximate surface area is 308 Å². The third kappa shape index (κ3) is 7.13. The quantitative estimate of drug-likeness (QED) is 0.165. The van der Waals surface area contributed by atoms with Gasteiger partial charge in [-0.2, -0.15) is 0 Å². The number of aromatic nitrogens is 1. The van der Waals surface area contributed by atoms with E-state index in [-0.39, 0.29) is 0 Å². The number of aryl methyl sites for hydroxylation is 4. The van der Waals surface area contributed by atoms with Gasteiger partial charge in [0.2, 0.25) is 0 Å². The molecule has 0 aliphatic rings. The van der Waals surface area contributed by atoms with Crippen molar-refractivity contribution >= 4 is 0 Å². The zero-order chi connectivity index (χ0) is 35.6. The minimum absolute atomic E-state index is 0.949. The van der Waals surface area contributed by atoms with Crippen LogP contribution in [0.4, 0.5) is 0 Å². The van der Waals surface area contributed by atoms with E-state index >= 15 is 0 Å². The summed E-state index contributed by atoms with van der Waals surface area (Å²) in [5.74, 6) is 0. The van der Waals surface area contributed by atoms with Crippen molar-refractivity contribution in [3.8, 4) is 78.0 Å². The van der Waals surface area contributed by atoms with E-state index in [2.05, 4.69) is 198 Å². The summed E-state index contributed by atoms with van der Waals surface area (Å²) in [4.78, 5) is 4.90. The highest BCUT2D eigenvalue weighted by Crippen LogP contribution is 2.37. The third-order valence-corrected chi connectivity index (χ3v) is 9.99. The lowest BCUT2D eigenvalue weighted by molar-refractivity contribution is 1.33. The highest BCUT2D eigenvalue weighted by atomic mass is 14.7. The molecule has 0 saturated carbocycles. The van der Waals surface area contributed by atoms with E-state index in [4.69, 9.17) is 4.98 Å². The second-order valence-electron chi connectivity index (χ2n) is 14.1. The Morgan fingerprint density at radius 1 is 0.250 bits per heavy atom. The summed E-state index contributed by atoms with van der Waals surface area (Å²) in [5.41, 5.74) is 21.4.